The highest BCUT2D eigenvalue weighted by molar-refractivity contribution is 5.73. The van der Waals surface area contributed by atoms with Gasteiger partial charge in [0.1, 0.15) is 5.82 Å². The molecule has 0 bridgehead atoms. The van der Waals surface area contributed by atoms with Crippen LogP contribution in [0.5, 0.6) is 0 Å². The number of aliphatic carboxylic acids is 1. The van der Waals surface area contributed by atoms with E-state index < -0.39 is 5.97 Å². The Labute approximate surface area is 105 Å². The van der Waals surface area contributed by atoms with E-state index in [1.54, 1.807) is 18.2 Å². The fourth-order valence-corrected chi connectivity index (χ4v) is 1.74. The van der Waals surface area contributed by atoms with Crippen molar-refractivity contribution < 1.29 is 19.1 Å². The Hall–Kier alpha value is -1.91. The van der Waals surface area contributed by atoms with Crippen molar-refractivity contribution in [3.63, 3.8) is 0 Å². The van der Waals surface area contributed by atoms with Crippen molar-refractivity contribution in [1.82, 2.24) is 5.32 Å². The molecule has 0 saturated heterocycles. The standard InChI is InChI=1S/C13H16FNO3/c1-9(16)15-11(6-7-13(17)18)8-10-4-2-3-5-12(10)14/h2-5,11H,6-8H2,1H3,(H,15,16)(H,17,18). The van der Waals surface area contributed by atoms with Crippen molar-refractivity contribution in [2.45, 2.75) is 32.2 Å². The predicted octanol–water partition coefficient (Wildman–Crippen LogP) is 1.74. The smallest absolute Gasteiger partial charge is 0.303 e. The van der Waals surface area contributed by atoms with E-state index in [0.717, 1.165) is 0 Å². The molecule has 1 amide bonds. The second kappa shape index (κ2) is 6.74. The minimum atomic E-state index is -0.932. The first kappa shape index (κ1) is 14.2. The SMILES string of the molecule is CC(=O)NC(CCC(=O)O)Cc1ccccc1F. The normalized spacial score (nSPS) is 11.9. The van der Waals surface area contributed by atoms with Gasteiger partial charge in [-0.3, -0.25) is 9.59 Å². The summed E-state index contributed by atoms with van der Waals surface area (Å²) in [7, 11) is 0. The topological polar surface area (TPSA) is 66.4 Å². The summed E-state index contributed by atoms with van der Waals surface area (Å²) in [6, 6.07) is 5.90. The number of nitrogens with one attached hydrogen (secondary N) is 1. The summed E-state index contributed by atoms with van der Waals surface area (Å²) >= 11 is 0. The molecular weight excluding hydrogens is 237 g/mol. The summed E-state index contributed by atoms with van der Waals surface area (Å²) in [6.07, 6.45) is 0.516. The van der Waals surface area contributed by atoms with Crippen molar-refractivity contribution in [2.24, 2.45) is 0 Å². The van der Waals surface area contributed by atoms with Crippen LogP contribution < -0.4 is 5.32 Å². The second-order valence-corrected chi connectivity index (χ2v) is 4.13. The first-order chi connectivity index (χ1) is 8.49. The van der Waals surface area contributed by atoms with Gasteiger partial charge in [0.2, 0.25) is 5.91 Å². The Bertz CT molecular complexity index is 434. The van der Waals surface area contributed by atoms with Crippen LogP contribution in [0.3, 0.4) is 0 Å². The van der Waals surface area contributed by atoms with Gasteiger partial charge in [0, 0.05) is 19.4 Å². The lowest BCUT2D eigenvalue weighted by molar-refractivity contribution is -0.137. The highest BCUT2D eigenvalue weighted by Crippen LogP contribution is 2.12. The molecule has 0 fully saturated rings. The van der Waals surface area contributed by atoms with Crippen LogP contribution in [0.1, 0.15) is 25.3 Å². The van der Waals surface area contributed by atoms with E-state index in [1.807, 2.05) is 0 Å². The Balaban J connectivity index is 2.68. The predicted molar refractivity (Wildman–Crippen MR) is 64.6 cm³/mol. The van der Waals surface area contributed by atoms with Gasteiger partial charge in [-0.25, -0.2) is 4.39 Å². The first-order valence-electron chi connectivity index (χ1n) is 5.71. The summed E-state index contributed by atoms with van der Waals surface area (Å²) in [5.74, 6) is -1.52. The molecule has 0 aliphatic rings. The van der Waals surface area contributed by atoms with E-state index in [-0.39, 0.29) is 30.6 Å². The molecule has 4 nitrogen and oxygen atoms in total. The van der Waals surface area contributed by atoms with Gasteiger partial charge in [0.05, 0.1) is 0 Å². The summed E-state index contributed by atoms with van der Waals surface area (Å²) < 4.78 is 13.5. The van der Waals surface area contributed by atoms with Crippen LogP contribution in [0.4, 0.5) is 4.39 Å². The van der Waals surface area contributed by atoms with Gasteiger partial charge in [-0.15, -0.1) is 0 Å². The molecule has 0 radical (unpaired) electrons. The Morgan fingerprint density at radius 1 is 1.39 bits per heavy atom. The van der Waals surface area contributed by atoms with E-state index >= 15 is 0 Å². The Morgan fingerprint density at radius 3 is 2.61 bits per heavy atom. The van der Waals surface area contributed by atoms with Crippen LogP contribution in [0.25, 0.3) is 0 Å². The van der Waals surface area contributed by atoms with Crippen molar-refractivity contribution in [3.05, 3.63) is 35.6 Å². The molecule has 2 N–H and O–H groups in total. The van der Waals surface area contributed by atoms with Crippen LogP contribution in [-0.4, -0.2) is 23.0 Å². The average molecular weight is 253 g/mol. The van der Waals surface area contributed by atoms with E-state index in [1.165, 1.54) is 13.0 Å². The van der Waals surface area contributed by atoms with Gasteiger partial charge in [0.15, 0.2) is 0 Å². The minimum absolute atomic E-state index is 0.0562. The number of carbonyl (C=O) groups is 2. The van der Waals surface area contributed by atoms with Gasteiger partial charge < -0.3 is 10.4 Å². The van der Waals surface area contributed by atoms with Crippen LogP contribution in [-0.2, 0) is 16.0 Å². The maximum atomic E-state index is 13.5. The zero-order valence-corrected chi connectivity index (χ0v) is 10.1. The molecular formula is C13H16FNO3. The molecule has 0 saturated carbocycles. The van der Waals surface area contributed by atoms with Gasteiger partial charge >= 0.3 is 5.97 Å². The highest BCUT2D eigenvalue weighted by atomic mass is 19.1. The number of amides is 1. The molecule has 0 aromatic heterocycles. The van der Waals surface area contributed by atoms with Gasteiger partial charge in [-0.2, -0.15) is 0 Å². The molecule has 0 aliphatic heterocycles. The highest BCUT2D eigenvalue weighted by Gasteiger charge is 2.14. The number of hydrogen-bond donors (Lipinski definition) is 2. The maximum absolute atomic E-state index is 13.5. The number of carboxylic acid groups (broad SMARTS) is 1. The van der Waals surface area contributed by atoms with E-state index in [9.17, 15) is 14.0 Å². The summed E-state index contributed by atoms with van der Waals surface area (Å²) in [4.78, 5) is 21.5. The zero-order valence-electron chi connectivity index (χ0n) is 10.1. The van der Waals surface area contributed by atoms with Crippen molar-refractivity contribution in [3.8, 4) is 0 Å². The molecule has 1 aromatic carbocycles. The third kappa shape index (κ3) is 4.95. The molecule has 18 heavy (non-hydrogen) atoms. The molecule has 1 rings (SSSR count). The number of carboxylic acids is 1. The van der Waals surface area contributed by atoms with Crippen molar-refractivity contribution in [1.29, 1.82) is 0 Å². The minimum Gasteiger partial charge on any atom is -0.481 e. The van der Waals surface area contributed by atoms with Crippen LogP contribution in [0.2, 0.25) is 0 Å². The lowest BCUT2D eigenvalue weighted by Crippen LogP contribution is -2.35. The van der Waals surface area contributed by atoms with Gasteiger partial charge in [0.25, 0.3) is 0 Å². The summed E-state index contributed by atoms with van der Waals surface area (Å²) in [6.45, 7) is 1.36. The van der Waals surface area contributed by atoms with E-state index in [0.29, 0.717) is 12.0 Å². The third-order valence-corrected chi connectivity index (χ3v) is 2.54. The zero-order chi connectivity index (χ0) is 13.5. The molecule has 98 valence electrons. The molecule has 1 aromatic rings. The van der Waals surface area contributed by atoms with Crippen molar-refractivity contribution in [2.75, 3.05) is 0 Å². The fourth-order valence-electron chi connectivity index (χ4n) is 1.74. The van der Waals surface area contributed by atoms with E-state index in [4.69, 9.17) is 5.11 Å². The maximum Gasteiger partial charge on any atom is 0.303 e. The molecule has 0 heterocycles. The average Bonchev–Trinajstić information content (AvgIpc) is 2.28. The molecule has 5 heteroatoms. The Kier molecular flexibility index (Phi) is 5.30. The van der Waals surface area contributed by atoms with Crippen LogP contribution in [0.15, 0.2) is 24.3 Å². The molecule has 0 spiro atoms. The van der Waals surface area contributed by atoms with Crippen LogP contribution in [0, 0.1) is 5.82 Å². The second-order valence-electron chi connectivity index (χ2n) is 4.13. The van der Waals surface area contributed by atoms with E-state index in [2.05, 4.69) is 5.32 Å². The van der Waals surface area contributed by atoms with Crippen LogP contribution >= 0.6 is 0 Å². The number of halogens is 1. The van der Waals surface area contributed by atoms with Gasteiger partial charge in [-0.1, -0.05) is 18.2 Å². The number of hydrogen-bond acceptors (Lipinski definition) is 2. The fraction of sp³-hybridized carbons (Fsp3) is 0.385. The number of rotatable bonds is 6. The molecule has 0 aliphatic carbocycles. The lowest BCUT2D eigenvalue weighted by Gasteiger charge is -2.17. The monoisotopic (exact) mass is 253 g/mol. The largest absolute Gasteiger partial charge is 0.481 e. The lowest BCUT2D eigenvalue weighted by atomic mass is 10.0. The molecule has 1 atom stereocenters. The Morgan fingerprint density at radius 2 is 2.06 bits per heavy atom. The third-order valence-electron chi connectivity index (χ3n) is 2.54. The van der Waals surface area contributed by atoms with Crippen molar-refractivity contribution >= 4 is 11.9 Å². The quantitative estimate of drug-likeness (QED) is 0.811. The number of carbonyl (C=O) groups excluding carboxylic acids is 1. The summed E-state index contributed by atoms with van der Waals surface area (Å²) in [5.41, 5.74) is 0.474. The summed E-state index contributed by atoms with van der Waals surface area (Å²) in [5, 5.41) is 11.3. The first-order valence-corrected chi connectivity index (χ1v) is 5.71. The van der Waals surface area contributed by atoms with Gasteiger partial charge in [-0.05, 0) is 24.5 Å². The number of benzene rings is 1. The molecule has 1 unspecified atom stereocenters.